The summed E-state index contributed by atoms with van der Waals surface area (Å²) in [5.74, 6) is -1.12. The van der Waals surface area contributed by atoms with Crippen LogP contribution in [-0.4, -0.2) is 34.1 Å². The smallest absolute Gasteiger partial charge is 0.251 e. The Morgan fingerprint density at radius 3 is 2.81 bits per heavy atom. The van der Waals surface area contributed by atoms with Crippen molar-refractivity contribution in [1.82, 2.24) is 5.32 Å². The first-order chi connectivity index (χ1) is 9.79. The number of sulfonamides is 1. The van der Waals surface area contributed by atoms with Crippen molar-refractivity contribution in [1.29, 1.82) is 0 Å². The summed E-state index contributed by atoms with van der Waals surface area (Å²) < 4.78 is 41.5. The maximum Gasteiger partial charge on any atom is 0.251 e. The number of carbonyl (C=O) groups excluding carboxylic acids is 1. The summed E-state index contributed by atoms with van der Waals surface area (Å²) in [6.07, 6.45) is 0.852. The second-order valence-electron chi connectivity index (χ2n) is 5.06. The topological polar surface area (TPSA) is 98.5 Å². The molecule has 1 unspecified atom stereocenters. The lowest BCUT2D eigenvalue weighted by Gasteiger charge is -2.13. The molecule has 1 heterocycles. The normalized spacial score (nSPS) is 18.7. The van der Waals surface area contributed by atoms with Crippen LogP contribution in [0.1, 0.15) is 22.3 Å². The molecule has 1 aliphatic heterocycles. The molecule has 1 saturated heterocycles. The molecule has 0 bridgehead atoms. The molecule has 1 fully saturated rings. The number of halogens is 1. The van der Waals surface area contributed by atoms with Gasteiger partial charge in [0, 0.05) is 24.6 Å². The van der Waals surface area contributed by atoms with Gasteiger partial charge in [0.15, 0.2) is 0 Å². The first kappa shape index (κ1) is 15.9. The first-order valence-corrected chi connectivity index (χ1v) is 8.02. The SMILES string of the molecule is Cc1c(C(=O)NCC2CCOC2)cc(F)cc1S(N)(=O)=O. The van der Waals surface area contributed by atoms with Gasteiger partial charge < -0.3 is 10.1 Å². The lowest BCUT2D eigenvalue weighted by Crippen LogP contribution is -2.30. The Kier molecular flexibility index (Phi) is 4.60. The first-order valence-electron chi connectivity index (χ1n) is 6.48. The summed E-state index contributed by atoms with van der Waals surface area (Å²) in [6.45, 7) is 3.06. The number of hydrogen-bond acceptors (Lipinski definition) is 4. The molecule has 0 spiro atoms. The van der Waals surface area contributed by atoms with Crippen LogP contribution in [0.5, 0.6) is 0 Å². The van der Waals surface area contributed by atoms with Crippen LogP contribution in [0.3, 0.4) is 0 Å². The van der Waals surface area contributed by atoms with E-state index >= 15 is 0 Å². The van der Waals surface area contributed by atoms with Crippen LogP contribution in [0.4, 0.5) is 4.39 Å². The Labute approximate surface area is 122 Å². The van der Waals surface area contributed by atoms with Crippen molar-refractivity contribution in [3.8, 4) is 0 Å². The van der Waals surface area contributed by atoms with E-state index in [9.17, 15) is 17.6 Å². The predicted molar refractivity (Wildman–Crippen MR) is 73.8 cm³/mol. The standard InChI is InChI=1S/C13H17FN2O4S/c1-8-11(4-10(14)5-12(8)21(15,18)19)13(17)16-6-9-2-3-20-7-9/h4-5,9H,2-3,6-7H2,1H3,(H,16,17)(H2,15,18,19). The third-order valence-corrected chi connectivity index (χ3v) is 4.49. The second kappa shape index (κ2) is 6.08. The summed E-state index contributed by atoms with van der Waals surface area (Å²) in [6, 6.07) is 1.82. The molecule has 8 heteroatoms. The summed E-state index contributed by atoms with van der Waals surface area (Å²) in [5.41, 5.74) is 0.108. The largest absolute Gasteiger partial charge is 0.381 e. The maximum atomic E-state index is 13.5. The van der Waals surface area contributed by atoms with E-state index in [0.29, 0.717) is 19.8 Å². The van der Waals surface area contributed by atoms with Gasteiger partial charge in [0.1, 0.15) is 5.82 Å². The van der Waals surface area contributed by atoms with Gasteiger partial charge in [-0.15, -0.1) is 0 Å². The van der Waals surface area contributed by atoms with E-state index < -0.39 is 21.7 Å². The van der Waals surface area contributed by atoms with Gasteiger partial charge >= 0.3 is 0 Å². The van der Waals surface area contributed by atoms with Gasteiger partial charge in [-0.05, 0) is 31.0 Å². The fraction of sp³-hybridized carbons (Fsp3) is 0.462. The zero-order valence-electron chi connectivity index (χ0n) is 11.6. The number of carbonyl (C=O) groups is 1. The van der Waals surface area contributed by atoms with Crippen LogP contribution in [0, 0.1) is 18.7 Å². The van der Waals surface area contributed by atoms with Crippen LogP contribution in [0.15, 0.2) is 17.0 Å². The van der Waals surface area contributed by atoms with Gasteiger partial charge in [-0.2, -0.15) is 0 Å². The fourth-order valence-corrected chi connectivity index (χ4v) is 3.08. The Morgan fingerprint density at radius 2 is 2.24 bits per heavy atom. The molecule has 1 atom stereocenters. The Hall–Kier alpha value is -1.51. The van der Waals surface area contributed by atoms with Crippen molar-refractivity contribution in [2.75, 3.05) is 19.8 Å². The highest BCUT2D eigenvalue weighted by atomic mass is 32.2. The molecule has 21 heavy (non-hydrogen) atoms. The van der Waals surface area contributed by atoms with Gasteiger partial charge in [0.05, 0.1) is 11.5 Å². The van der Waals surface area contributed by atoms with Crippen molar-refractivity contribution >= 4 is 15.9 Å². The van der Waals surface area contributed by atoms with Crippen molar-refractivity contribution in [2.24, 2.45) is 11.1 Å². The number of primary sulfonamides is 1. The van der Waals surface area contributed by atoms with Gasteiger partial charge in [0.2, 0.25) is 10.0 Å². The number of ether oxygens (including phenoxy) is 1. The molecule has 1 aromatic rings. The Balaban J connectivity index is 2.22. The molecule has 6 nitrogen and oxygen atoms in total. The van der Waals surface area contributed by atoms with E-state index in [4.69, 9.17) is 9.88 Å². The highest BCUT2D eigenvalue weighted by Crippen LogP contribution is 2.20. The van der Waals surface area contributed by atoms with Crippen LogP contribution in [0.25, 0.3) is 0 Å². The molecular weight excluding hydrogens is 299 g/mol. The van der Waals surface area contributed by atoms with Crippen LogP contribution < -0.4 is 10.5 Å². The molecule has 2 rings (SSSR count). The average Bonchev–Trinajstić information content (AvgIpc) is 2.90. The van der Waals surface area contributed by atoms with Gasteiger partial charge in [0.25, 0.3) is 5.91 Å². The van der Waals surface area contributed by atoms with E-state index in [2.05, 4.69) is 5.32 Å². The molecule has 116 valence electrons. The summed E-state index contributed by atoms with van der Waals surface area (Å²) in [4.78, 5) is 11.7. The molecule has 3 N–H and O–H groups in total. The van der Waals surface area contributed by atoms with E-state index in [1.54, 1.807) is 0 Å². The molecule has 1 amide bonds. The number of rotatable bonds is 4. The summed E-state index contributed by atoms with van der Waals surface area (Å²) in [7, 11) is -4.08. The summed E-state index contributed by atoms with van der Waals surface area (Å²) >= 11 is 0. The third kappa shape index (κ3) is 3.78. The predicted octanol–water partition coefficient (Wildman–Crippen LogP) is 0.548. The zero-order valence-corrected chi connectivity index (χ0v) is 12.4. The lowest BCUT2D eigenvalue weighted by atomic mass is 10.1. The summed E-state index contributed by atoms with van der Waals surface area (Å²) in [5, 5.41) is 7.69. The average molecular weight is 316 g/mol. The molecule has 1 aromatic carbocycles. The monoisotopic (exact) mass is 316 g/mol. The molecular formula is C13H17FN2O4S. The number of amides is 1. The number of nitrogens with one attached hydrogen (secondary N) is 1. The van der Waals surface area contributed by atoms with Crippen molar-refractivity contribution in [3.05, 3.63) is 29.1 Å². The molecule has 0 saturated carbocycles. The molecule has 1 aliphatic rings. The van der Waals surface area contributed by atoms with Gasteiger partial charge in [-0.1, -0.05) is 0 Å². The number of nitrogens with two attached hydrogens (primary N) is 1. The van der Waals surface area contributed by atoms with Crippen molar-refractivity contribution < 1.29 is 22.3 Å². The quantitative estimate of drug-likeness (QED) is 0.847. The Morgan fingerprint density at radius 1 is 1.52 bits per heavy atom. The van der Waals surface area contributed by atoms with Gasteiger partial charge in [-0.25, -0.2) is 17.9 Å². The lowest BCUT2D eigenvalue weighted by molar-refractivity contribution is 0.0943. The number of hydrogen-bond donors (Lipinski definition) is 2. The van der Waals surface area contributed by atoms with E-state index in [0.717, 1.165) is 18.6 Å². The van der Waals surface area contributed by atoms with Crippen molar-refractivity contribution in [3.63, 3.8) is 0 Å². The maximum absolute atomic E-state index is 13.5. The molecule has 0 radical (unpaired) electrons. The van der Waals surface area contributed by atoms with Crippen LogP contribution in [-0.2, 0) is 14.8 Å². The molecule has 0 aromatic heterocycles. The van der Waals surface area contributed by atoms with E-state index in [1.165, 1.54) is 6.92 Å². The van der Waals surface area contributed by atoms with Crippen molar-refractivity contribution in [2.45, 2.75) is 18.2 Å². The van der Waals surface area contributed by atoms with Gasteiger partial charge in [-0.3, -0.25) is 4.79 Å². The fourth-order valence-electron chi connectivity index (χ4n) is 2.26. The third-order valence-electron chi connectivity index (χ3n) is 3.45. The Bertz CT molecular complexity index is 654. The minimum atomic E-state index is -4.08. The second-order valence-corrected chi connectivity index (χ2v) is 6.59. The molecule has 0 aliphatic carbocycles. The zero-order chi connectivity index (χ0) is 15.6. The van der Waals surface area contributed by atoms with Crippen LogP contribution >= 0.6 is 0 Å². The highest BCUT2D eigenvalue weighted by Gasteiger charge is 2.21. The highest BCUT2D eigenvalue weighted by molar-refractivity contribution is 7.89. The van der Waals surface area contributed by atoms with Crippen LogP contribution in [0.2, 0.25) is 0 Å². The number of benzene rings is 1. The van der Waals surface area contributed by atoms with E-state index in [1.807, 2.05) is 0 Å². The minimum absolute atomic E-state index is 0.0297. The minimum Gasteiger partial charge on any atom is -0.381 e. The van der Waals surface area contributed by atoms with E-state index in [-0.39, 0.29) is 21.9 Å².